The van der Waals surface area contributed by atoms with Gasteiger partial charge in [0, 0.05) is 43.8 Å². The highest BCUT2D eigenvalue weighted by molar-refractivity contribution is 4.91. The minimum atomic E-state index is 0.266. The zero-order chi connectivity index (χ0) is 12.5. The molecule has 0 radical (unpaired) electrons. The summed E-state index contributed by atoms with van der Waals surface area (Å²) in [6, 6.07) is 1.57. The summed E-state index contributed by atoms with van der Waals surface area (Å²) in [4.78, 5) is 5.15. The first-order valence-corrected chi connectivity index (χ1v) is 7.14. The van der Waals surface area contributed by atoms with Gasteiger partial charge in [-0.1, -0.05) is 0 Å². The van der Waals surface area contributed by atoms with Gasteiger partial charge >= 0.3 is 0 Å². The Labute approximate surface area is 107 Å². The number of hydrogen-bond donors (Lipinski definition) is 1. The lowest BCUT2D eigenvalue weighted by molar-refractivity contribution is 0.112. The molecule has 0 unspecified atom stereocenters. The highest BCUT2D eigenvalue weighted by Crippen LogP contribution is 2.26. The maximum atomic E-state index is 3.76. The van der Waals surface area contributed by atoms with Crippen LogP contribution >= 0.6 is 0 Å². The lowest BCUT2D eigenvalue weighted by atomic mass is 10.1. The van der Waals surface area contributed by atoms with Crippen molar-refractivity contribution in [1.29, 1.82) is 0 Å². The Morgan fingerprint density at radius 3 is 2.24 bits per heavy atom. The highest BCUT2D eigenvalue weighted by Gasteiger charge is 2.31. The number of rotatable bonds is 2. The van der Waals surface area contributed by atoms with E-state index < -0.39 is 0 Å². The summed E-state index contributed by atoms with van der Waals surface area (Å²) in [5, 5.41) is 3.76. The summed E-state index contributed by atoms with van der Waals surface area (Å²) in [5.41, 5.74) is 0.266. The molecule has 2 rings (SSSR count). The minimum absolute atomic E-state index is 0.266. The lowest BCUT2D eigenvalue weighted by Crippen LogP contribution is -2.49. The van der Waals surface area contributed by atoms with Crippen LogP contribution in [-0.2, 0) is 0 Å². The number of likely N-dealkylation sites (N-methyl/N-ethyl adjacent to an activating group) is 1. The molecule has 0 bridgehead atoms. The first kappa shape index (κ1) is 13.3. The van der Waals surface area contributed by atoms with Crippen molar-refractivity contribution < 1.29 is 0 Å². The van der Waals surface area contributed by atoms with Crippen LogP contribution in [0, 0.1) is 0 Å². The van der Waals surface area contributed by atoms with Gasteiger partial charge in [-0.05, 0) is 47.1 Å². The van der Waals surface area contributed by atoms with Crippen LogP contribution < -0.4 is 5.32 Å². The van der Waals surface area contributed by atoms with Crippen LogP contribution in [0.4, 0.5) is 0 Å². The van der Waals surface area contributed by atoms with E-state index in [4.69, 9.17) is 0 Å². The van der Waals surface area contributed by atoms with Crippen molar-refractivity contribution in [3.8, 4) is 0 Å². The van der Waals surface area contributed by atoms with Crippen molar-refractivity contribution in [1.82, 2.24) is 15.1 Å². The van der Waals surface area contributed by atoms with Crippen molar-refractivity contribution in [3.05, 3.63) is 0 Å². The van der Waals surface area contributed by atoms with Gasteiger partial charge in [0.15, 0.2) is 0 Å². The fraction of sp³-hybridized carbons (Fsp3) is 1.00. The average molecular weight is 239 g/mol. The van der Waals surface area contributed by atoms with E-state index in [1.165, 1.54) is 45.4 Å². The fourth-order valence-electron chi connectivity index (χ4n) is 3.22. The normalized spacial score (nSPS) is 33.2. The van der Waals surface area contributed by atoms with Crippen LogP contribution in [0.1, 0.15) is 40.0 Å². The molecule has 2 fully saturated rings. The summed E-state index contributed by atoms with van der Waals surface area (Å²) in [5.74, 6) is 0. The Hall–Kier alpha value is -0.120. The van der Waals surface area contributed by atoms with Crippen LogP contribution in [0.3, 0.4) is 0 Å². The van der Waals surface area contributed by atoms with Crippen molar-refractivity contribution in [3.63, 3.8) is 0 Å². The van der Waals surface area contributed by atoms with Gasteiger partial charge in [-0.3, -0.25) is 4.90 Å². The molecule has 100 valence electrons. The molecule has 1 N–H and O–H groups in total. The van der Waals surface area contributed by atoms with Crippen molar-refractivity contribution in [2.45, 2.75) is 57.7 Å². The average Bonchev–Trinajstić information content (AvgIpc) is 2.64. The second-order valence-corrected chi connectivity index (χ2v) is 6.90. The van der Waals surface area contributed by atoms with E-state index in [1.54, 1.807) is 0 Å². The zero-order valence-electron chi connectivity index (χ0n) is 12.0. The molecule has 0 aromatic heterocycles. The maximum absolute atomic E-state index is 3.76. The first-order valence-electron chi connectivity index (χ1n) is 7.14. The van der Waals surface area contributed by atoms with E-state index in [1.807, 2.05) is 0 Å². The zero-order valence-corrected chi connectivity index (χ0v) is 12.0. The molecule has 0 aromatic rings. The molecule has 0 amide bonds. The summed E-state index contributed by atoms with van der Waals surface area (Å²) < 4.78 is 0. The lowest BCUT2D eigenvalue weighted by Gasteiger charge is -2.36. The van der Waals surface area contributed by atoms with Gasteiger partial charge in [0.2, 0.25) is 0 Å². The first-order chi connectivity index (χ1) is 7.94. The minimum Gasteiger partial charge on any atom is -0.309 e. The van der Waals surface area contributed by atoms with Crippen molar-refractivity contribution >= 4 is 0 Å². The van der Waals surface area contributed by atoms with Crippen LogP contribution in [0.15, 0.2) is 0 Å². The predicted molar refractivity (Wildman–Crippen MR) is 73.4 cm³/mol. The van der Waals surface area contributed by atoms with E-state index in [0.29, 0.717) is 0 Å². The van der Waals surface area contributed by atoms with Gasteiger partial charge in [-0.25, -0.2) is 0 Å². The molecule has 17 heavy (non-hydrogen) atoms. The Balaban J connectivity index is 1.78. The van der Waals surface area contributed by atoms with Gasteiger partial charge in [-0.15, -0.1) is 0 Å². The summed E-state index contributed by atoms with van der Waals surface area (Å²) >= 11 is 0. The molecular weight excluding hydrogens is 210 g/mol. The molecule has 1 saturated carbocycles. The monoisotopic (exact) mass is 239 g/mol. The molecule has 2 atom stereocenters. The molecule has 1 aliphatic heterocycles. The summed E-state index contributed by atoms with van der Waals surface area (Å²) in [6.45, 7) is 11.8. The Morgan fingerprint density at radius 2 is 1.65 bits per heavy atom. The Morgan fingerprint density at radius 1 is 1.00 bits per heavy atom. The number of nitrogens with one attached hydrogen (secondary N) is 1. The van der Waals surface area contributed by atoms with E-state index in [2.05, 4.69) is 42.9 Å². The van der Waals surface area contributed by atoms with Crippen molar-refractivity contribution in [2.24, 2.45) is 0 Å². The Bertz CT molecular complexity index is 238. The molecule has 0 spiro atoms. The standard InChI is InChI=1S/C14H29N3/c1-14(2,3)15-12-5-6-13(11-12)17-9-7-16(4)8-10-17/h12-13,15H,5-11H2,1-4H3/t12-,13+/m0/s1. The van der Waals surface area contributed by atoms with Gasteiger partial charge < -0.3 is 10.2 Å². The molecule has 0 aromatic carbocycles. The topological polar surface area (TPSA) is 18.5 Å². The van der Waals surface area contributed by atoms with Gasteiger partial charge in [0.25, 0.3) is 0 Å². The number of hydrogen-bond acceptors (Lipinski definition) is 3. The number of nitrogens with zero attached hydrogens (tertiary/aromatic N) is 2. The van der Waals surface area contributed by atoms with Gasteiger partial charge in [0.1, 0.15) is 0 Å². The van der Waals surface area contributed by atoms with E-state index in [9.17, 15) is 0 Å². The molecule has 1 saturated heterocycles. The van der Waals surface area contributed by atoms with Gasteiger partial charge in [0.05, 0.1) is 0 Å². The smallest absolute Gasteiger partial charge is 0.0113 e. The highest BCUT2D eigenvalue weighted by atomic mass is 15.3. The SMILES string of the molecule is CN1CCN([C@@H]2CC[C@H](NC(C)(C)C)C2)CC1. The fourth-order valence-corrected chi connectivity index (χ4v) is 3.22. The quantitative estimate of drug-likeness (QED) is 0.788. The Kier molecular flexibility index (Phi) is 4.11. The number of piperazine rings is 1. The second-order valence-electron chi connectivity index (χ2n) is 6.90. The largest absolute Gasteiger partial charge is 0.309 e. The van der Waals surface area contributed by atoms with Crippen molar-refractivity contribution in [2.75, 3.05) is 33.2 Å². The van der Waals surface area contributed by atoms with Crippen LogP contribution in [0.2, 0.25) is 0 Å². The van der Waals surface area contributed by atoms with E-state index in [-0.39, 0.29) is 5.54 Å². The van der Waals surface area contributed by atoms with Gasteiger partial charge in [-0.2, -0.15) is 0 Å². The maximum Gasteiger partial charge on any atom is 0.0113 e. The van der Waals surface area contributed by atoms with E-state index in [0.717, 1.165) is 12.1 Å². The molecular formula is C14H29N3. The molecule has 2 aliphatic rings. The predicted octanol–water partition coefficient (Wildman–Crippen LogP) is 1.54. The summed E-state index contributed by atoms with van der Waals surface area (Å²) in [7, 11) is 2.23. The molecule has 3 heteroatoms. The molecule has 3 nitrogen and oxygen atoms in total. The third kappa shape index (κ3) is 3.94. The second kappa shape index (κ2) is 5.25. The molecule has 1 aliphatic carbocycles. The molecule has 1 heterocycles. The van der Waals surface area contributed by atoms with Crippen LogP contribution in [0.25, 0.3) is 0 Å². The van der Waals surface area contributed by atoms with Crippen LogP contribution in [0.5, 0.6) is 0 Å². The summed E-state index contributed by atoms with van der Waals surface area (Å²) in [6.07, 6.45) is 4.09. The third-order valence-corrected chi connectivity index (χ3v) is 4.10. The van der Waals surface area contributed by atoms with E-state index >= 15 is 0 Å². The third-order valence-electron chi connectivity index (χ3n) is 4.10. The van der Waals surface area contributed by atoms with Crippen LogP contribution in [-0.4, -0.2) is 60.6 Å².